The van der Waals surface area contributed by atoms with E-state index in [9.17, 15) is 9.90 Å². The van der Waals surface area contributed by atoms with Gasteiger partial charge in [0.15, 0.2) is 0 Å². The summed E-state index contributed by atoms with van der Waals surface area (Å²) in [7, 11) is 2.06. The van der Waals surface area contributed by atoms with Crippen molar-refractivity contribution in [2.24, 2.45) is 0 Å². The monoisotopic (exact) mass is 276 g/mol. The molecule has 0 spiro atoms. The molecule has 1 N–H and O–H groups in total. The van der Waals surface area contributed by atoms with E-state index >= 15 is 0 Å². The molecule has 0 bridgehead atoms. The Morgan fingerprint density at radius 2 is 2.10 bits per heavy atom. The smallest absolute Gasteiger partial charge is 0.305 e. The van der Waals surface area contributed by atoms with Crippen LogP contribution in [0.15, 0.2) is 18.5 Å². The number of hydrogen-bond donors (Lipinski definition) is 1. The average Bonchev–Trinajstić information content (AvgIpc) is 2.41. The predicted molar refractivity (Wildman–Crippen MR) is 78.5 cm³/mol. The molecule has 1 aliphatic rings. The Bertz CT molecular complexity index is 467. The van der Waals surface area contributed by atoms with E-state index in [1.807, 2.05) is 12.3 Å². The molecule has 0 unspecified atom stereocenters. The van der Waals surface area contributed by atoms with Crippen molar-refractivity contribution in [2.45, 2.75) is 57.5 Å². The molecule has 1 fully saturated rings. The molecule has 0 atom stereocenters. The first kappa shape index (κ1) is 15.0. The molecule has 0 radical (unpaired) electrons. The van der Waals surface area contributed by atoms with Gasteiger partial charge in [-0.1, -0.05) is 19.3 Å². The van der Waals surface area contributed by atoms with Crippen LogP contribution in [0.5, 0.6) is 0 Å². The molecule has 0 aliphatic heterocycles. The summed E-state index contributed by atoms with van der Waals surface area (Å²) in [6.07, 6.45) is 9.37. The minimum atomic E-state index is -0.693. The van der Waals surface area contributed by atoms with E-state index in [1.165, 1.54) is 17.5 Å². The Morgan fingerprint density at radius 1 is 1.40 bits per heavy atom. The van der Waals surface area contributed by atoms with Crippen molar-refractivity contribution < 1.29 is 9.90 Å². The van der Waals surface area contributed by atoms with Crippen LogP contribution in [0.1, 0.15) is 49.7 Å². The lowest BCUT2D eigenvalue weighted by Crippen LogP contribution is -2.49. The number of carboxylic acids is 1. The summed E-state index contributed by atoms with van der Waals surface area (Å²) in [4.78, 5) is 17.7. The van der Waals surface area contributed by atoms with E-state index in [0.717, 1.165) is 32.2 Å². The molecule has 20 heavy (non-hydrogen) atoms. The van der Waals surface area contributed by atoms with Crippen LogP contribution in [0.3, 0.4) is 0 Å². The van der Waals surface area contributed by atoms with Gasteiger partial charge in [0, 0.05) is 24.5 Å². The van der Waals surface area contributed by atoms with Gasteiger partial charge in [-0.15, -0.1) is 0 Å². The maximum atomic E-state index is 11.3. The van der Waals surface area contributed by atoms with Crippen molar-refractivity contribution in [3.63, 3.8) is 0 Å². The highest BCUT2D eigenvalue weighted by Crippen LogP contribution is 2.36. The normalized spacial score (nSPS) is 18.1. The van der Waals surface area contributed by atoms with Crippen LogP contribution >= 0.6 is 0 Å². The van der Waals surface area contributed by atoms with E-state index in [2.05, 4.69) is 23.9 Å². The number of pyridine rings is 1. The summed E-state index contributed by atoms with van der Waals surface area (Å²) in [5.74, 6) is -0.693. The third-order valence-electron chi connectivity index (χ3n) is 4.63. The van der Waals surface area contributed by atoms with Gasteiger partial charge in [0.25, 0.3) is 0 Å². The second-order valence-electron chi connectivity index (χ2n) is 6.01. The minimum Gasteiger partial charge on any atom is -0.481 e. The van der Waals surface area contributed by atoms with Crippen molar-refractivity contribution in [1.82, 2.24) is 9.88 Å². The van der Waals surface area contributed by atoms with Crippen molar-refractivity contribution in [3.8, 4) is 0 Å². The topological polar surface area (TPSA) is 53.4 Å². The highest BCUT2D eigenvalue weighted by atomic mass is 16.4. The SMILES string of the molecule is Cc1ccncc1CN(C)C1(CC(=O)O)CCCCC1. The van der Waals surface area contributed by atoms with Crippen LogP contribution < -0.4 is 0 Å². The Morgan fingerprint density at radius 3 is 2.70 bits per heavy atom. The second-order valence-corrected chi connectivity index (χ2v) is 6.01. The number of aryl methyl sites for hydroxylation is 1. The molecule has 1 aromatic heterocycles. The summed E-state index contributed by atoms with van der Waals surface area (Å²) in [6, 6.07) is 2.01. The molecule has 1 aromatic rings. The molecule has 0 aromatic carbocycles. The number of hydrogen-bond acceptors (Lipinski definition) is 3. The maximum absolute atomic E-state index is 11.3. The first-order valence-corrected chi connectivity index (χ1v) is 7.36. The lowest BCUT2D eigenvalue weighted by molar-refractivity contribution is -0.141. The van der Waals surface area contributed by atoms with Gasteiger partial charge >= 0.3 is 5.97 Å². The van der Waals surface area contributed by atoms with Crippen molar-refractivity contribution in [2.75, 3.05) is 7.05 Å². The van der Waals surface area contributed by atoms with Gasteiger partial charge in [-0.05, 0) is 44.0 Å². The standard InChI is InChI=1S/C16H24N2O2/c1-13-6-9-17-11-14(13)12-18(2)16(10-15(19)20)7-4-3-5-8-16/h6,9,11H,3-5,7-8,10,12H2,1-2H3,(H,19,20). The largest absolute Gasteiger partial charge is 0.481 e. The fourth-order valence-electron chi connectivity index (χ4n) is 3.27. The maximum Gasteiger partial charge on any atom is 0.305 e. The Balaban J connectivity index is 2.16. The Hall–Kier alpha value is -1.42. The molecular weight excluding hydrogens is 252 g/mol. The van der Waals surface area contributed by atoms with Gasteiger partial charge < -0.3 is 5.11 Å². The molecular formula is C16H24N2O2. The van der Waals surface area contributed by atoms with E-state index in [0.29, 0.717) is 0 Å². The Labute approximate surface area is 120 Å². The first-order valence-electron chi connectivity index (χ1n) is 7.36. The molecule has 1 aliphatic carbocycles. The molecule has 1 heterocycles. The number of nitrogens with zero attached hydrogens (tertiary/aromatic N) is 2. The lowest BCUT2D eigenvalue weighted by Gasteiger charge is -2.44. The van der Waals surface area contributed by atoms with Crippen molar-refractivity contribution in [1.29, 1.82) is 0 Å². The van der Waals surface area contributed by atoms with Crippen molar-refractivity contribution in [3.05, 3.63) is 29.6 Å². The van der Waals surface area contributed by atoms with Gasteiger partial charge in [-0.3, -0.25) is 14.7 Å². The van der Waals surface area contributed by atoms with Gasteiger partial charge in [0.05, 0.1) is 6.42 Å². The van der Waals surface area contributed by atoms with Crippen LogP contribution in [-0.4, -0.2) is 33.5 Å². The average molecular weight is 276 g/mol. The summed E-state index contributed by atoms with van der Waals surface area (Å²) in [6.45, 7) is 2.85. The van der Waals surface area contributed by atoms with Gasteiger partial charge in [-0.25, -0.2) is 0 Å². The number of rotatable bonds is 5. The minimum absolute atomic E-state index is 0.188. The van der Waals surface area contributed by atoms with Crippen LogP contribution in [0.25, 0.3) is 0 Å². The van der Waals surface area contributed by atoms with E-state index < -0.39 is 5.97 Å². The lowest BCUT2D eigenvalue weighted by atomic mass is 9.78. The van der Waals surface area contributed by atoms with Crippen LogP contribution in [0.4, 0.5) is 0 Å². The first-order chi connectivity index (χ1) is 9.53. The van der Waals surface area contributed by atoms with Gasteiger partial charge in [0.1, 0.15) is 0 Å². The zero-order chi connectivity index (χ0) is 14.6. The quantitative estimate of drug-likeness (QED) is 0.898. The second kappa shape index (κ2) is 6.35. The zero-order valence-corrected chi connectivity index (χ0v) is 12.4. The summed E-state index contributed by atoms with van der Waals surface area (Å²) in [5, 5.41) is 9.26. The zero-order valence-electron chi connectivity index (χ0n) is 12.4. The molecule has 110 valence electrons. The molecule has 4 nitrogen and oxygen atoms in total. The number of carboxylic acid groups (broad SMARTS) is 1. The molecule has 0 amide bonds. The van der Waals surface area contributed by atoms with Gasteiger partial charge in [0.2, 0.25) is 0 Å². The third kappa shape index (κ3) is 3.37. The van der Waals surface area contributed by atoms with E-state index in [4.69, 9.17) is 0 Å². The van der Waals surface area contributed by atoms with Crippen LogP contribution in [-0.2, 0) is 11.3 Å². The van der Waals surface area contributed by atoms with E-state index in [-0.39, 0.29) is 12.0 Å². The highest BCUT2D eigenvalue weighted by molar-refractivity contribution is 5.68. The predicted octanol–water partition coefficient (Wildman–Crippen LogP) is 3.00. The fraction of sp³-hybridized carbons (Fsp3) is 0.625. The molecule has 4 heteroatoms. The number of aliphatic carboxylic acids is 1. The third-order valence-corrected chi connectivity index (χ3v) is 4.63. The molecule has 1 saturated carbocycles. The summed E-state index contributed by atoms with van der Waals surface area (Å²) in [5.41, 5.74) is 2.21. The summed E-state index contributed by atoms with van der Waals surface area (Å²) >= 11 is 0. The highest BCUT2D eigenvalue weighted by Gasteiger charge is 2.38. The van der Waals surface area contributed by atoms with Crippen LogP contribution in [0, 0.1) is 6.92 Å². The van der Waals surface area contributed by atoms with Crippen LogP contribution in [0.2, 0.25) is 0 Å². The molecule has 0 saturated heterocycles. The van der Waals surface area contributed by atoms with E-state index in [1.54, 1.807) is 6.20 Å². The molecule has 2 rings (SSSR count). The Kier molecular flexibility index (Phi) is 4.76. The van der Waals surface area contributed by atoms with Crippen molar-refractivity contribution >= 4 is 5.97 Å². The fourth-order valence-corrected chi connectivity index (χ4v) is 3.27. The number of aromatic nitrogens is 1. The summed E-state index contributed by atoms with van der Waals surface area (Å²) < 4.78 is 0. The van der Waals surface area contributed by atoms with Gasteiger partial charge in [-0.2, -0.15) is 0 Å². The number of carbonyl (C=O) groups is 1.